The molecule has 1 fully saturated rings. The van der Waals surface area contributed by atoms with E-state index in [1.165, 1.54) is 4.31 Å². The molecule has 0 aromatic heterocycles. The van der Waals surface area contributed by atoms with E-state index in [1.807, 2.05) is 13.8 Å². The summed E-state index contributed by atoms with van der Waals surface area (Å²) in [6.07, 6.45) is 0.707. The van der Waals surface area contributed by atoms with Crippen LogP contribution in [0.5, 0.6) is 0 Å². The third-order valence-electron chi connectivity index (χ3n) is 2.38. The molecule has 2 unspecified atom stereocenters. The average Bonchev–Trinajstić information content (AvgIpc) is 2.18. The van der Waals surface area contributed by atoms with Gasteiger partial charge in [0.05, 0.1) is 12.7 Å². The fourth-order valence-electron chi connectivity index (χ4n) is 1.54. The number of ether oxygens (including phenoxy) is 1. The summed E-state index contributed by atoms with van der Waals surface area (Å²) in [7, 11) is -3.30. The molecule has 1 rings (SSSR count). The van der Waals surface area contributed by atoms with Crippen molar-refractivity contribution >= 4 is 21.6 Å². The molecule has 6 heteroatoms. The van der Waals surface area contributed by atoms with Gasteiger partial charge in [0.25, 0.3) is 0 Å². The van der Waals surface area contributed by atoms with Gasteiger partial charge in [-0.25, -0.2) is 8.42 Å². The Labute approximate surface area is 90.2 Å². The number of sulfonamides is 1. The van der Waals surface area contributed by atoms with Crippen LogP contribution in [0.25, 0.3) is 0 Å². The van der Waals surface area contributed by atoms with Gasteiger partial charge in [-0.2, -0.15) is 4.31 Å². The van der Waals surface area contributed by atoms with E-state index in [4.69, 9.17) is 16.3 Å². The van der Waals surface area contributed by atoms with E-state index in [0.29, 0.717) is 13.2 Å². The number of alkyl halides is 1. The predicted molar refractivity (Wildman–Crippen MR) is 55.8 cm³/mol. The van der Waals surface area contributed by atoms with Crippen LogP contribution in [-0.2, 0) is 14.8 Å². The van der Waals surface area contributed by atoms with Gasteiger partial charge in [0.1, 0.15) is 5.21 Å². The van der Waals surface area contributed by atoms with Crippen LogP contribution in [0.15, 0.2) is 0 Å². The number of hydrogen-bond acceptors (Lipinski definition) is 3. The highest BCUT2D eigenvalue weighted by Crippen LogP contribution is 2.19. The normalized spacial score (nSPS) is 30.5. The van der Waals surface area contributed by atoms with Crippen molar-refractivity contribution in [2.24, 2.45) is 0 Å². The highest BCUT2D eigenvalue weighted by Gasteiger charge is 2.33. The fraction of sp³-hybridized carbons (Fsp3) is 1.00. The van der Waals surface area contributed by atoms with Crippen molar-refractivity contribution in [1.82, 2.24) is 4.31 Å². The first-order chi connectivity index (χ1) is 6.51. The van der Waals surface area contributed by atoms with Crippen LogP contribution in [0, 0.1) is 0 Å². The van der Waals surface area contributed by atoms with Gasteiger partial charge in [0.2, 0.25) is 10.0 Å². The van der Waals surface area contributed by atoms with E-state index in [2.05, 4.69) is 0 Å². The molecule has 1 heterocycles. The van der Waals surface area contributed by atoms with E-state index >= 15 is 0 Å². The van der Waals surface area contributed by atoms with E-state index in [-0.39, 0.29) is 17.4 Å². The highest BCUT2D eigenvalue weighted by molar-refractivity contribution is 7.90. The van der Waals surface area contributed by atoms with E-state index < -0.39 is 10.0 Å². The topological polar surface area (TPSA) is 46.6 Å². The zero-order chi connectivity index (χ0) is 10.8. The second-order valence-electron chi connectivity index (χ2n) is 3.50. The van der Waals surface area contributed by atoms with Crippen LogP contribution in [-0.4, -0.2) is 43.2 Å². The van der Waals surface area contributed by atoms with Crippen molar-refractivity contribution in [3.8, 4) is 0 Å². The van der Waals surface area contributed by atoms with E-state index in [9.17, 15) is 8.42 Å². The Morgan fingerprint density at radius 2 is 2.21 bits per heavy atom. The number of nitrogens with zero attached hydrogens (tertiary/aromatic N) is 1. The van der Waals surface area contributed by atoms with Gasteiger partial charge in [-0.05, 0) is 13.3 Å². The third kappa shape index (κ3) is 2.59. The first-order valence-corrected chi connectivity index (χ1v) is 6.82. The molecule has 0 aliphatic carbocycles. The summed E-state index contributed by atoms with van der Waals surface area (Å²) in [4.78, 5) is 0. The summed E-state index contributed by atoms with van der Waals surface area (Å²) in [5.74, 6) is 0. The molecule has 0 saturated carbocycles. The van der Waals surface area contributed by atoms with Gasteiger partial charge in [0, 0.05) is 12.6 Å². The van der Waals surface area contributed by atoms with Gasteiger partial charge in [-0.15, -0.1) is 11.6 Å². The van der Waals surface area contributed by atoms with Crippen LogP contribution in [0.4, 0.5) is 0 Å². The molecule has 84 valence electrons. The SMILES string of the molecule is CCC1COC(C)CN1S(=O)(=O)CCl. The average molecular weight is 242 g/mol. The zero-order valence-corrected chi connectivity index (χ0v) is 10.0. The molecule has 0 amide bonds. The Kier molecular flexibility index (Phi) is 4.18. The first kappa shape index (κ1) is 12.2. The summed E-state index contributed by atoms with van der Waals surface area (Å²) in [6, 6.07) is -0.0602. The van der Waals surface area contributed by atoms with Gasteiger partial charge in [-0.3, -0.25) is 0 Å². The second-order valence-corrected chi connectivity index (χ2v) is 6.00. The Bertz CT molecular complexity index is 280. The minimum atomic E-state index is -3.30. The highest BCUT2D eigenvalue weighted by atomic mass is 35.5. The van der Waals surface area contributed by atoms with Crippen molar-refractivity contribution < 1.29 is 13.2 Å². The van der Waals surface area contributed by atoms with Gasteiger partial charge in [0.15, 0.2) is 0 Å². The molecule has 1 saturated heterocycles. The molecule has 0 bridgehead atoms. The van der Waals surface area contributed by atoms with Crippen LogP contribution >= 0.6 is 11.6 Å². The van der Waals surface area contributed by atoms with Crippen molar-refractivity contribution in [2.75, 3.05) is 18.4 Å². The van der Waals surface area contributed by atoms with Crippen molar-refractivity contribution in [2.45, 2.75) is 32.4 Å². The predicted octanol–water partition coefficient (Wildman–Crippen LogP) is 1.01. The molecule has 0 spiro atoms. The molecule has 0 aromatic rings. The van der Waals surface area contributed by atoms with Gasteiger partial charge >= 0.3 is 0 Å². The van der Waals surface area contributed by atoms with Gasteiger partial charge < -0.3 is 4.74 Å². The molecular weight excluding hydrogens is 226 g/mol. The van der Waals surface area contributed by atoms with E-state index in [0.717, 1.165) is 6.42 Å². The number of hydrogen-bond donors (Lipinski definition) is 0. The zero-order valence-electron chi connectivity index (χ0n) is 8.44. The quantitative estimate of drug-likeness (QED) is 0.693. The molecule has 14 heavy (non-hydrogen) atoms. The maximum Gasteiger partial charge on any atom is 0.228 e. The summed E-state index contributed by atoms with van der Waals surface area (Å²) in [5, 5.41) is -0.351. The maximum absolute atomic E-state index is 11.6. The summed E-state index contributed by atoms with van der Waals surface area (Å²) in [5.41, 5.74) is 0. The summed E-state index contributed by atoms with van der Waals surface area (Å²) in [6.45, 7) is 4.69. The Morgan fingerprint density at radius 1 is 1.57 bits per heavy atom. The van der Waals surface area contributed by atoms with Crippen LogP contribution in [0.1, 0.15) is 20.3 Å². The molecule has 1 aliphatic heterocycles. The lowest BCUT2D eigenvalue weighted by Gasteiger charge is -2.36. The van der Waals surface area contributed by atoms with Crippen LogP contribution < -0.4 is 0 Å². The number of morpholine rings is 1. The largest absolute Gasteiger partial charge is 0.375 e. The van der Waals surface area contributed by atoms with Crippen LogP contribution in [0.3, 0.4) is 0 Å². The lowest BCUT2D eigenvalue weighted by atomic mass is 10.2. The molecule has 4 nitrogen and oxygen atoms in total. The van der Waals surface area contributed by atoms with Crippen molar-refractivity contribution in [3.05, 3.63) is 0 Å². The molecule has 2 atom stereocenters. The fourth-order valence-corrected chi connectivity index (χ4v) is 3.14. The minimum Gasteiger partial charge on any atom is -0.375 e. The summed E-state index contributed by atoms with van der Waals surface area (Å²) < 4.78 is 30.1. The van der Waals surface area contributed by atoms with Gasteiger partial charge in [-0.1, -0.05) is 6.92 Å². The monoisotopic (exact) mass is 241 g/mol. The molecule has 1 aliphatic rings. The molecule has 0 N–H and O–H groups in total. The Morgan fingerprint density at radius 3 is 2.71 bits per heavy atom. The van der Waals surface area contributed by atoms with E-state index in [1.54, 1.807) is 0 Å². The number of halogens is 1. The number of rotatable bonds is 3. The maximum atomic E-state index is 11.6. The smallest absolute Gasteiger partial charge is 0.228 e. The second kappa shape index (κ2) is 4.79. The lowest BCUT2D eigenvalue weighted by Crippen LogP contribution is -2.51. The molecule has 0 aromatic carbocycles. The van der Waals surface area contributed by atoms with Crippen molar-refractivity contribution in [1.29, 1.82) is 0 Å². The molecular formula is C8H16ClNO3S. The van der Waals surface area contributed by atoms with Crippen LogP contribution in [0.2, 0.25) is 0 Å². The Hall–Kier alpha value is 0.160. The molecule has 0 radical (unpaired) electrons. The first-order valence-electron chi connectivity index (χ1n) is 4.68. The lowest BCUT2D eigenvalue weighted by molar-refractivity contribution is -0.0228. The minimum absolute atomic E-state index is 0.0456. The third-order valence-corrected chi connectivity index (χ3v) is 4.65. The Balaban J connectivity index is 2.81. The summed E-state index contributed by atoms with van der Waals surface area (Å²) >= 11 is 5.43. The van der Waals surface area contributed by atoms with Crippen molar-refractivity contribution in [3.63, 3.8) is 0 Å². The standard InChI is InChI=1S/C8H16ClNO3S/c1-3-8-5-13-7(2)4-10(8)14(11,12)6-9/h7-8H,3-6H2,1-2H3.